The van der Waals surface area contributed by atoms with Gasteiger partial charge in [0.15, 0.2) is 0 Å². The number of carbonyl (C=O) groups is 2. The van der Waals surface area contributed by atoms with Gasteiger partial charge in [0.2, 0.25) is 15.9 Å². The Hall–Kier alpha value is -3.20. The van der Waals surface area contributed by atoms with Crippen LogP contribution >= 0.6 is 11.6 Å². The lowest BCUT2D eigenvalue weighted by Gasteiger charge is -2.31. The van der Waals surface area contributed by atoms with Crippen LogP contribution in [0.15, 0.2) is 83.8 Å². The van der Waals surface area contributed by atoms with E-state index in [1.54, 1.807) is 24.3 Å². The van der Waals surface area contributed by atoms with Crippen LogP contribution < -0.4 is 10.6 Å². The maximum atomic E-state index is 13.1. The third-order valence-corrected chi connectivity index (χ3v) is 8.06. The average Bonchev–Trinajstić information content (AvgIpc) is 2.88. The van der Waals surface area contributed by atoms with Crippen LogP contribution in [0.4, 0.5) is 5.69 Å². The minimum absolute atomic E-state index is 0.0686. The number of sulfonamides is 1. The SMILES string of the molecule is O=C(NCc1ccccc1)c1ccccc1NC(=O)[C@H]1CCCN(S(=O)(=O)c2ccc(Cl)cc2)C1. The molecule has 0 spiro atoms. The summed E-state index contributed by atoms with van der Waals surface area (Å²) in [5, 5.41) is 6.16. The first-order chi connectivity index (χ1) is 16.8. The quantitative estimate of drug-likeness (QED) is 0.494. The molecule has 2 amide bonds. The van der Waals surface area contributed by atoms with Crippen molar-refractivity contribution in [1.82, 2.24) is 9.62 Å². The second-order valence-electron chi connectivity index (χ2n) is 8.36. The molecule has 0 radical (unpaired) electrons. The molecule has 0 unspecified atom stereocenters. The molecule has 35 heavy (non-hydrogen) atoms. The number of benzene rings is 3. The smallest absolute Gasteiger partial charge is 0.253 e. The molecule has 1 fully saturated rings. The number of para-hydroxylation sites is 1. The Balaban J connectivity index is 1.43. The van der Waals surface area contributed by atoms with E-state index in [1.807, 2.05) is 30.3 Å². The lowest BCUT2D eigenvalue weighted by molar-refractivity contribution is -0.120. The van der Waals surface area contributed by atoms with Gasteiger partial charge in [0, 0.05) is 24.7 Å². The Kier molecular flexibility index (Phi) is 7.85. The number of piperidine rings is 1. The monoisotopic (exact) mass is 511 g/mol. The highest BCUT2D eigenvalue weighted by Crippen LogP contribution is 2.26. The van der Waals surface area contributed by atoms with Crippen molar-refractivity contribution in [2.24, 2.45) is 5.92 Å². The van der Waals surface area contributed by atoms with Gasteiger partial charge >= 0.3 is 0 Å². The molecule has 4 rings (SSSR count). The number of amides is 2. The first-order valence-electron chi connectivity index (χ1n) is 11.3. The minimum atomic E-state index is -3.74. The first kappa shape index (κ1) is 24.9. The zero-order chi connectivity index (χ0) is 24.8. The number of rotatable bonds is 7. The standard InChI is InChI=1S/C26H26ClN3O4S/c27-21-12-14-22(15-13-21)35(33,34)30-16-6-9-20(18-30)25(31)29-24-11-5-4-10-23(24)26(32)28-17-19-7-2-1-3-8-19/h1-5,7-8,10-15,20H,6,9,16-18H2,(H,28,32)(H,29,31)/t20-/m0/s1. The van der Waals surface area contributed by atoms with Crippen LogP contribution in [0, 0.1) is 5.92 Å². The molecule has 2 N–H and O–H groups in total. The molecular formula is C26H26ClN3O4S. The second-order valence-corrected chi connectivity index (χ2v) is 10.7. The normalized spacial score (nSPS) is 16.4. The van der Waals surface area contributed by atoms with Crippen LogP contribution in [0.3, 0.4) is 0 Å². The highest BCUT2D eigenvalue weighted by atomic mass is 35.5. The minimum Gasteiger partial charge on any atom is -0.348 e. The summed E-state index contributed by atoms with van der Waals surface area (Å²) >= 11 is 5.89. The maximum Gasteiger partial charge on any atom is 0.253 e. The van der Waals surface area contributed by atoms with Gasteiger partial charge in [-0.15, -0.1) is 0 Å². The lowest BCUT2D eigenvalue weighted by atomic mass is 9.98. The molecule has 3 aromatic carbocycles. The molecule has 1 saturated heterocycles. The highest BCUT2D eigenvalue weighted by Gasteiger charge is 2.33. The van der Waals surface area contributed by atoms with Gasteiger partial charge in [-0.2, -0.15) is 4.31 Å². The Labute approximate surface area is 210 Å². The molecule has 0 aliphatic carbocycles. The van der Waals surface area contributed by atoms with Gasteiger partial charge in [0.1, 0.15) is 0 Å². The van der Waals surface area contributed by atoms with Crippen molar-refractivity contribution in [3.8, 4) is 0 Å². The number of carbonyl (C=O) groups excluding carboxylic acids is 2. The number of hydrogen-bond acceptors (Lipinski definition) is 4. The van der Waals surface area contributed by atoms with Crippen molar-refractivity contribution in [2.45, 2.75) is 24.3 Å². The number of nitrogens with zero attached hydrogens (tertiary/aromatic N) is 1. The van der Waals surface area contributed by atoms with Crippen molar-refractivity contribution in [1.29, 1.82) is 0 Å². The van der Waals surface area contributed by atoms with Gasteiger partial charge in [-0.25, -0.2) is 8.42 Å². The fourth-order valence-corrected chi connectivity index (χ4v) is 5.68. The van der Waals surface area contributed by atoms with Crippen LogP contribution in [0.5, 0.6) is 0 Å². The van der Waals surface area contributed by atoms with Crippen molar-refractivity contribution >= 4 is 39.1 Å². The number of halogens is 1. The predicted molar refractivity (Wildman–Crippen MR) is 136 cm³/mol. The van der Waals surface area contributed by atoms with Crippen LogP contribution in [0.2, 0.25) is 5.02 Å². The van der Waals surface area contributed by atoms with E-state index in [0.717, 1.165) is 5.56 Å². The molecule has 1 aliphatic heterocycles. The van der Waals surface area contributed by atoms with Crippen LogP contribution in [-0.2, 0) is 21.4 Å². The van der Waals surface area contributed by atoms with Crippen molar-refractivity contribution in [2.75, 3.05) is 18.4 Å². The molecule has 1 atom stereocenters. The van der Waals surface area contributed by atoms with Crippen molar-refractivity contribution in [3.63, 3.8) is 0 Å². The molecule has 1 aliphatic rings. The molecule has 182 valence electrons. The van der Waals surface area contributed by atoms with Crippen LogP contribution in [0.1, 0.15) is 28.8 Å². The summed E-state index contributed by atoms with van der Waals surface area (Å²) in [4.78, 5) is 26.0. The fourth-order valence-electron chi connectivity index (χ4n) is 4.03. The third-order valence-electron chi connectivity index (χ3n) is 5.93. The topological polar surface area (TPSA) is 95.6 Å². The van der Waals surface area contributed by atoms with Crippen LogP contribution in [0.25, 0.3) is 0 Å². The zero-order valence-corrected chi connectivity index (χ0v) is 20.6. The van der Waals surface area contributed by atoms with Crippen molar-refractivity contribution < 1.29 is 18.0 Å². The Bertz CT molecular complexity index is 1300. The lowest BCUT2D eigenvalue weighted by Crippen LogP contribution is -2.43. The largest absolute Gasteiger partial charge is 0.348 e. The third kappa shape index (κ3) is 6.08. The number of hydrogen-bond donors (Lipinski definition) is 2. The number of nitrogens with one attached hydrogen (secondary N) is 2. The Morgan fingerprint density at radius 3 is 2.37 bits per heavy atom. The summed E-state index contributed by atoms with van der Waals surface area (Å²) in [6.07, 6.45) is 1.12. The number of anilines is 1. The van der Waals surface area contributed by atoms with E-state index in [9.17, 15) is 18.0 Å². The first-order valence-corrected chi connectivity index (χ1v) is 13.1. The fraction of sp³-hybridized carbons (Fsp3) is 0.231. The molecule has 3 aromatic rings. The van der Waals surface area contributed by atoms with E-state index < -0.39 is 15.9 Å². The molecular weight excluding hydrogens is 486 g/mol. The summed E-state index contributed by atoms with van der Waals surface area (Å²) in [6.45, 7) is 0.772. The summed E-state index contributed by atoms with van der Waals surface area (Å²) in [5.74, 6) is -1.16. The van der Waals surface area contributed by atoms with Gasteiger partial charge in [0.05, 0.1) is 22.1 Å². The van der Waals surface area contributed by atoms with E-state index in [4.69, 9.17) is 11.6 Å². The van der Waals surface area contributed by atoms with Gasteiger partial charge in [0.25, 0.3) is 5.91 Å². The van der Waals surface area contributed by atoms with E-state index in [0.29, 0.717) is 42.2 Å². The Morgan fingerprint density at radius 2 is 1.63 bits per heavy atom. The highest BCUT2D eigenvalue weighted by molar-refractivity contribution is 7.89. The van der Waals surface area contributed by atoms with E-state index in [2.05, 4.69) is 10.6 Å². The summed E-state index contributed by atoms with van der Waals surface area (Å²) in [7, 11) is -3.74. The molecule has 0 saturated carbocycles. The van der Waals surface area contributed by atoms with Gasteiger partial charge in [-0.1, -0.05) is 54.1 Å². The molecule has 0 bridgehead atoms. The van der Waals surface area contributed by atoms with Crippen LogP contribution in [-0.4, -0.2) is 37.6 Å². The zero-order valence-electron chi connectivity index (χ0n) is 19.0. The predicted octanol–water partition coefficient (Wildman–Crippen LogP) is 4.31. The average molecular weight is 512 g/mol. The van der Waals surface area contributed by atoms with Crippen molar-refractivity contribution in [3.05, 3.63) is 95.0 Å². The summed E-state index contributed by atoms with van der Waals surface area (Å²) in [5.41, 5.74) is 1.70. The van der Waals surface area contributed by atoms with Gasteiger partial charge in [-0.05, 0) is 54.8 Å². The van der Waals surface area contributed by atoms with Gasteiger partial charge in [-0.3, -0.25) is 9.59 Å². The summed E-state index contributed by atoms with van der Waals surface area (Å²) < 4.78 is 27.4. The van der Waals surface area contributed by atoms with E-state index >= 15 is 0 Å². The second kappa shape index (κ2) is 11.0. The van der Waals surface area contributed by atoms with Gasteiger partial charge < -0.3 is 10.6 Å². The molecule has 1 heterocycles. The molecule has 9 heteroatoms. The van der Waals surface area contributed by atoms with E-state index in [-0.39, 0.29) is 23.3 Å². The maximum absolute atomic E-state index is 13.1. The summed E-state index contributed by atoms with van der Waals surface area (Å²) in [6, 6.07) is 22.3. The molecule has 7 nitrogen and oxygen atoms in total. The van der Waals surface area contributed by atoms with E-state index in [1.165, 1.54) is 28.6 Å². The molecule has 0 aromatic heterocycles. The Morgan fingerprint density at radius 1 is 0.943 bits per heavy atom.